The number of hydrogen-bond donors (Lipinski definition) is 1. The summed E-state index contributed by atoms with van der Waals surface area (Å²) in [4.78, 5) is 20.8. The van der Waals surface area contributed by atoms with Crippen molar-refractivity contribution < 1.29 is 0 Å². The van der Waals surface area contributed by atoms with Gasteiger partial charge in [0, 0.05) is 19.2 Å². The Kier molecular flexibility index (Phi) is 4.52. The molecule has 0 aliphatic heterocycles. The summed E-state index contributed by atoms with van der Waals surface area (Å²) in [6.45, 7) is 10.1. The van der Waals surface area contributed by atoms with Crippen LogP contribution in [0.1, 0.15) is 33.4 Å². The Bertz CT molecular complexity index is 380. The minimum absolute atomic E-state index is 0.0625. The SMILES string of the molecule is CCN(CC)c1nc(CC(C)C)cc(=O)[nH]1. The molecule has 0 saturated heterocycles. The zero-order valence-corrected chi connectivity index (χ0v) is 10.6. The molecule has 0 unspecified atom stereocenters. The first-order chi connectivity index (χ1) is 7.56. The summed E-state index contributed by atoms with van der Waals surface area (Å²) in [6.07, 6.45) is 0.845. The third-order valence-corrected chi connectivity index (χ3v) is 2.46. The van der Waals surface area contributed by atoms with Crippen molar-refractivity contribution in [1.29, 1.82) is 0 Å². The van der Waals surface area contributed by atoms with E-state index < -0.39 is 0 Å². The van der Waals surface area contributed by atoms with E-state index in [1.54, 1.807) is 6.07 Å². The molecule has 0 fully saturated rings. The maximum Gasteiger partial charge on any atom is 0.252 e. The standard InChI is InChI=1S/C12H21N3O/c1-5-15(6-2)12-13-10(7-9(3)4)8-11(16)14-12/h8-9H,5-7H2,1-4H3,(H,13,14,16). The lowest BCUT2D eigenvalue weighted by molar-refractivity contribution is 0.631. The molecule has 1 aromatic rings. The number of aromatic nitrogens is 2. The van der Waals surface area contributed by atoms with Crippen molar-refractivity contribution in [1.82, 2.24) is 9.97 Å². The van der Waals surface area contributed by atoms with Gasteiger partial charge in [-0.15, -0.1) is 0 Å². The molecule has 4 nitrogen and oxygen atoms in total. The van der Waals surface area contributed by atoms with Crippen molar-refractivity contribution in [3.8, 4) is 0 Å². The van der Waals surface area contributed by atoms with Gasteiger partial charge in [-0.1, -0.05) is 13.8 Å². The van der Waals surface area contributed by atoms with Crippen LogP contribution < -0.4 is 10.5 Å². The van der Waals surface area contributed by atoms with Crippen LogP contribution in [0.25, 0.3) is 0 Å². The first-order valence-electron chi connectivity index (χ1n) is 5.92. The van der Waals surface area contributed by atoms with E-state index in [4.69, 9.17) is 0 Å². The lowest BCUT2D eigenvalue weighted by atomic mass is 10.1. The smallest absolute Gasteiger partial charge is 0.252 e. The lowest BCUT2D eigenvalue weighted by Crippen LogP contribution is -2.27. The van der Waals surface area contributed by atoms with Crippen LogP contribution in [0, 0.1) is 5.92 Å². The first kappa shape index (κ1) is 12.7. The first-order valence-corrected chi connectivity index (χ1v) is 5.92. The van der Waals surface area contributed by atoms with Crippen LogP contribution in [-0.2, 0) is 6.42 Å². The summed E-state index contributed by atoms with van der Waals surface area (Å²) < 4.78 is 0. The highest BCUT2D eigenvalue weighted by Gasteiger charge is 2.07. The van der Waals surface area contributed by atoms with Crippen molar-refractivity contribution in [2.24, 2.45) is 5.92 Å². The maximum atomic E-state index is 11.5. The molecular formula is C12H21N3O. The zero-order valence-electron chi connectivity index (χ0n) is 10.6. The highest BCUT2D eigenvalue weighted by molar-refractivity contribution is 5.29. The summed E-state index contributed by atoms with van der Waals surface area (Å²) in [6, 6.07) is 1.59. The van der Waals surface area contributed by atoms with Crippen molar-refractivity contribution in [3.63, 3.8) is 0 Å². The van der Waals surface area contributed by atoms with Gasteiger partial charge in [-0.3, -0.25) is 9.78 Å². The van der Waals surface area contributed by atoms with E-state index in [1.165, 1.54) is 0 Å². The molecule has 0 bridgehead atoms. The van der Waals surface area contributed by atoms with Gasteiger partial charge in [-0.25, -0.2) is 4.98 Å². The van der Waals surface area contributed by atoms with Crippen molar-refractivity contribution in [2.45, 2.75) is 34.1 Å². The average Bonchev–Trinajstić information content (AvgIpc) is 2.17. The molecule has 0 amide bonds. The Morgan fingerprint density at radius 3 is 2.50 bits per heavy atom. The van der Waals surface area contributed by atoms with Crippen molar-refractivity contribution in [3.05, 3.63) is 22.1 Å². The number of hydrogen-bond acceptors (Lipinski definition) is 3. The Morgan fingerprint density at radius 2 is 2.00 bits per heavy atom. The van der Waals surface area contributed by atoms with Crippen LogP contribution in [0.2, 0.25) is 0 Å². The van der Waals surface area contributed by atoms with Gasteiger partial charge in [0.05, 0.1) is 5.69 Å². The van der Waals surface area contributed by atoms with Gasteiger partial charge in [0.1, 0.15) is 0 Å². The Hall–Kier alpha value is -1.32. The molecule has 0 aliphatic carbocycles. The lowest BCUT2D eigenvalue weighted by Gasteiger charge is -2.19. The second-order valence-electron chi connectivity index (χ2n) is 4.33. The number of rotatable bonds is 5. The molecule has 1 aromatic heterocycles. The van der Waals surface area contributed by atoms with E-state index in [0.29, 0.717) is 11.9 Å². The largest absolute Gasteiger partial charge is 0.343 e. The molecule has 0 radical (unpaired) electrons. The monoisotopic (exact) mass is 223 g/mol. The van der Waals surface area contributed by atoms with Crippen LogP contribution >= 0.6 is 0 Å². The maximum absolute atomic E-state index is 11.5. The molecular weight excluding hydrogens is 202 g/mol. The Balaban J connectivity index is 3.02. The number of anilines is 1. The minimum atomic E-state index is -0.0625. The second kappa shape index (κ2) is 5.68. The fourth-order valence-corrected chi connectivity index (χ4v) is 1.69. The van der Waals surface area contributed by atoms with E-state index in [0.717, 1.165) is 25.2 Å². The molecule has 0 aromatic carbocycles. The molecule has 1 rings (SSSR count). The van der Waals surface area contributed by atoms with Gasteiger partial charge in [-0.2, -0.15) is 0 Å². The molecule has 0 spiro atoms. The predicted molar refractivity (Wildman–Crippen MR) is 67.0 cm³/mol. The Labute approximate surface area is 96.7 Å². The summed E-state index contributed by atoms with van der Waals surface area (Å²) >= 11 is 0. The van der Waals surface area contributed by atoms with Crippen LogP contribution in [0.3, 0.4) is 0 Å². The minimum Gasteiger partial charge on any atom is -0.343 e. The predicted octanol–water partition coefficient (Wildman–Crippen LogP) is 1.81. The van der Waals surface area contributed by atoms with Crippen LogP contribution in [0.4, 0.5) is 5.95 Å². The molecule has 1 heterocycles. The number of nitrogens with one attached hydrogen (secondary N) is 1. The van der Waals surface area contributed by atoms with Crippen LogP contribution in [-0.4, -0.2) is 23.1 Å². The van der Waals surface area contributed by atoms with E-state index in [1.807, 2.05) is 4.90 Å². The molecule has 90 valence electrons. The van der Waals surface area contributed by atoms with E-state index in [2.05, 4.69) is 37.7 Å². The van der Waals surface area contributed by atoms with Gasteiger partial charge in [0.15, 0.2) is 0 Å². The summed E-state index contributed by atoms with van der Waals surface area (Å²) in [5, 5.41) is 0. The van der Waals surface area contributed by atoms with Crippen molar-refractivity contribution in [2.75, 3.05) is 18.0 Å². The van der Waals surface area contributed by atoms with Gasteiger partial charge >= 0.3 is 0 Å². The van der Waals surface area contributed by atoms with E-state index in [9.17, 15) is 4.79 Å². The van der Waals surface area contributed by atoms with E-state index in [-0.39, 0.29) is 5.56 Å². The molecule has 1 N–H and O–H groups in total. The topological polar surface area (TPSA) is 49.0 Å². The Morgan fingerprint density at radius 1 is 1.38 bits per heavy atom. The quantitative estimate of drug-likeness (QED) is 0.828. The average molecular weight is 223 g/mol. The third kappa shape index (κ3) is 3.36. The highest BCUT2D eigenvalue weighted by atomic mass is 16.1. The van der Waals surface area contributed by atoms with E-state index >= 15 is 0 Å². The van der Waals surface area contributed by atoms with Gasteiger partial charge < -0.3 is 4.90 Å². The third-order valence-electron chi connectivity index (χ3n) is 2.46. The highest BCUT2D eigenvalue weighted by Crippen LogP contribution is 2.08. The number of nitrogens with zero attached hydrogens (tertiary/aromatic N) is 2. The summed E-state index contributed by atoms with van der Waals surface area (Å²) in [5.41, 5.74) is 0.813. The molecule has 16 heavy (non-hydrogen) atoms. The fourth-order valence-electron chi connectivity index (χ4n) is 1.69. The number of aromatic amines is 1. The fraction of sp³-hybridized carbons (Fsp3) is 0.667. The molecule has 0 saturated carbocycles. The number of H-pyrrole nitrogens is 1. The van der Waals surface area contributed by atoms with Crippen molar-refractivity contribution >= 4 is 5.95 Å². The summed E-state index contributed by atoms with van der Waals surface area (Å²) in [5.74, 6) is 1.20. The zero-order chi connectivity index (χ0) is 12.1. The van der Waals surface area contributed by atoms with Crippen LogP contribution in [0.15, 0.2) is 10.9 Å². The van der Waals surface area contributed by atoms with Gasteiger partial charge in [0.25, 0.3) is 5.56 Å². The summed E-state index contributed by atoms with van der Waals surface area (Å²) in [7, 11) is 0. The van der Waals surface area contributed by atoms with Crippen LogP contribution in [0.5, 0.6) is 0 Å². The molecule has 0 atom stereocenters. The molecule has 0 aliphatic rings. The van der Waals surface area contributed by atoms with Gasteiger partial charge in [-0.05, 0) is 26.2 Å². The molecule has 4 heteroatoms. The van der Waals surface area contributed by atoms with Gasteiger partial charge in [0.2, 0.25) is 5.95 Å². The second-order valence-corrected chi connectivity index (χ2v) is 4.33. The normalized spacial score (nSPS) is 10.8.